The molecule has 0 aliphatic heterocycles. The topological polar surface area (TPSA) is 78.9 Å². The van der Waals surface area contributed by atoms with Crippen LogP contribution in [0.1, 0.15) is 317 Å². The first-order chi connectivity index (χ1) is 30.8. The first kappa shape index (κ1) is 61.4. The Balaban J connectivity index is 4.27. The van der Waals surface area contributed by atoms with E-state index in [1.54, 1.807) is 0 Å². The van der Waals surface area contributed by atoms with Crippen LogP contribution >= 0.6 is 0 Å². The maximum Gasteiger partial charge on any atom is 0.306 e. The van der Waals surface area contributed by atoms with Gasteiger partial charge in [-0.05, 0) is 31.1 Å². The summed E-state index contributed by atoms with van der Waals surface area (Å²) in [4.78, 5) is 38.1. The first-order valence-corrected chi connectivity index (χ1v) is 28.3. The second-order valence-corrected chi connectivity index (χ2v) is 20.3. The van der Waals surface area contributed by atoms with E-state index in [9.17, 15) is 14.4 Å². The number of carbonyl (C=O) groups is 3. The van der Waals surface area contributed by atoms with Gasteiger partial charge in [0.15, 0.2) is 6.10 Å². The predicted octanol–water partition coefficient (Wildman–Crippen LogP) is 18.5. The molecular formula is C57H110O6. The van der Waals surface area contributed by atoms with Gasteiger partial charge in [0.05, 0.1) is 0 Å². The standard InChI is InChI=1S/C57H110O6/c1-6-8-9-10-11-12-13-14-20-24-27-34-39-44-49-57(60)63-54(51-62-56(59)48-43-38-33-29-28-31-36-41-46-53(5)7-2)50-61-55(58)47-42-37-32-26-23-21-18-16-15-17-19-22-25-30-35-40-45-52(3)4/h52-54H,6-51H2,1-5H3/t53?,54-/m0/s1. The van der Waals surface area contributed by atoms with Crippen LogP contribution in [0.2, 0.25) is 0 Å². The van der Waals surface area contributed by atoms with Crippen LogP contribution in [-0.2, 0) is 28.6 Å². The number of ether oxygens (including phenoxy) is 3. The summed E-state index contributed by atoms with van der Waals surface area (Å²) in [6.07, 6.45) is 52.3. The van der Waals surface area contributed by atoms with Crippen molar-refractivity contribution in [2.75, 3.05) is 13.2 Å². The summed E-state index contributed by atoms with van der Waals surface area (Å²) in [6, 6.07) is 0. The molecule has 0 bridgehead atoms. The van der Waals surface area contributed by atoms with Crippen molar-refractivity contribution in [2.45, 2.75) is 323 Å². The van der Waals surface area contributed by atoms with Crippen molar-refractivity contribution in [3.63, 3.8) is 0 Å². The van der Waals surface area contributed by atoms with E-state index in [0.717, 1.165) is 69.6 Å². The molecule has 0 spiro atoms. The summed E-state index contributed by atoms with van der Waals surface area (Å²) in [7, 11) is 0. The van der Waals surface area contributed by atoms with Gasteiger partial charge in [-0.15, -0.1) is 0 Å². The van der Waals surface area contributed by atoms with Gasteiger partial charge < -0.3 is 14.2 Å². The van der Waals surface area contributed by atoms with Gasteiger partial charge in [-0.2, -0.15) is 0 Å². The fraction of sp³-hybridized carbons (Fsp3) is 0.947. The maximum absolute atomic E-state index is 12.8. The van der Waals surface area contributed by atoms with Gasteiger partial charge in [-0.25, -0.2) is 0 Å². The molecule has 1 unspecified atom stereocenters. The Morgan fingerprint density at radius 2 is 0.603 bits per heavy atom. The minimum Gasteiger partial charge on any atom is -0.462 e. The van der Waals surface area contributed by atoms with Crippen molar-refractivity contribution in [3.8, 4) is 0 Å². The predicted molar refractivity (Wildman–Crippen MR) is 270 cm³/mol. The summed E-state index contributed by atoms with van der Waals surface area (Å²) in [5.74, 6) is 0.858. The second-order valence-electron chi connectivity index (χ2n) is 20.3. The van der Waals surface area contributed by atoms with Crippen LogP contribution < -0.4 is 0 Å². The number of hydrogen-bond acceptors (Lipinski definition) is 6. The van der Waals surface area contributed by atoms with Gasteiger partial charge in [0.1, 0.15) is 13.2 Å². The maximum atomic E-state index is 12.8. The highest BCUT2D eigenvalue weighted by molar-refractivity contribution is 5.71. The molecule has 0 aromatic heterocycles. The van der Waals surface area contributed by atoms with E-state index in [-0.39, 0.29) is 31.1 Å². The fourth-order valence-electron chi connectivity index (χ4n) is 8.66. The minimum absolute atomic E-state index is 0.0631. The molecule has 0 fully saturated rings. The molecule has 0 heterocycles. The molecule has 6 nitrogen and oxygen atoms in total. The third-order valence-electron chi connectivity index (χ3n) is 13.3. The number of esters is 3. The molecule has 0 aliphatic carbocycles. The molecule has 6 heteroatoms. The first-order valence-electron chi connectivity index (χ1n) is 28.3. The highest BCUT2D eigenvalue weighted by Crippen LogP contribution is 2.18. The smallest absolute Gasteiger partial charge is 0.306 e. The van der Waals surface area contributed by atoms with E-state index in [4.69, 9.17) is 14.2 Å². The van der Waals surface area contributed by atoms with Crippen LogP contribution in [0.3, 0.4) is 0 Å². The minimum atomic E-state index is -0.762. The Bertz CT molecular complexity index is 964. The molecular weight excluding hydrogens is 781 g/mol. The van der Waals surface area contributed by atoms with Gasteiger partial charge in [0, 0.05) is 19.3 Å². The average Bonchev–Trinajstić information content (AvgIpc) is 3.27. The van der Waals surface area contributed by atoms with Gasteiger partial charge in [-0.3, -0.25) is 14.4 Å². The average molecular weight is 892 g/mol. The van der Waals surface area contributed by atoms with Crippen molar-refractivity contribution in [1.82, 2.24) is 0 Å². The van der Waals surface area contributed by atoms with Crippen molar-refractivity contribution in [2.24, 2.45) is 11.8 Å². The zero-order chi connectivity index (χ0) is 46.1. The fourth-order valence-corrected chi connectivity index (χ4v) is 8.66. The van der Waals surface area contributed by atoms with Crippen molar-refractivity contribution in [3.05, 3.63) is 0 Å². The van der Waals surface area contributed by atoms with E-state index in [1.165, 1.54) is 205 Å². The van der Waals surface area contributed by atoms with Crippen molar-refractivity contribution >= 4 is 17.9 Å². The highest BCUT2D eigenvalue weighted by atomic mass is 16.6. The zero-order valence-corrected chi connectivity index (χ0v) is 43.2. The molecule has 374 valence electrons. The van der Waals surface area contributed by atoms with Gasteiger partial charge in [0.25, 0.3) is 0 Å². The summed E-state index contributed by atoms with van der Waals surface area (Å²) in [5.41, 5.74) is 0. The molecule has 0 saturated carbocycles. The SMILES string of the molecule is CCCCCCCCCCCCCCCCC(=O)O[C@@H](COC(=O)CCCCCCCCCCCCCCCCCCC(C)C)COC(=O)CCCCCCCCCCC(C)CC. The van der Waals surface area contributed by atoms with Crippen molar-refractivity contribution < 1.29 is 28.6 Å². The summed E-state index contributed by atoms with van der Waals surface area (Å²) in [5, 5.41) is 0. The lowest BCUT2D eigenvalue weighted by molar-refractivity contribution is -0.167. The number of carbonyl (C=O) groups excluding carboxylic acids is 3. The molecule has 2 atom stereocenters. The van der Waals surface area contributed by atoms with E-state index in [0.29, 0.717) is 19.3 Å². The monoisotopic (exact) mass is 891 g/mol. The van der Waals surface area contributed by atoms with Crippen molar-refractivity contribution in [1.29, 1.82) is 0 Å². The third-order valence-corrected chi connectivity index (χ3v) is 13.3. The molecule has 0 saturated heterocycles. The largest absolute Gasteiger partial charge is 0.462 e. The van der Waals surface area contributed by atoms with Crippen LogP contribution in [-0.4, -0.2) is 37.2 Å². The van der Waals surface area contributed by atoms with Crippen LogP contribution in [0.5, 0.6) is 0 Å². The number of rotatable bonds is 51. The van der Waals surface area contributed by atoms with Crippen LogP contribution in [0.15, 0.2) is 0 Å². The lowest BCUT2D eigenvalue weighted by atomic mass is 9.99. The molecule has 0 aliphatic rings. The van der Waals surface area contributed by atoms with E-state index in [1.807, 2.05) is 0 Å². The number of unbranched alkanes of at least 4 members (excludes halogenated alkanes) is 35. The van der Waals surface area contributed by atoms with Gasteiger partial charge in [0.2, 0.25) is 0 Å². The molecule has 0 rings (SSSR count). The molecule has 0 radical (unpaired) electrons. The van der Waals surface area contributed by atoms with Crippen LogP contribution in [0.4, 0.5) is 0 Å². The normalized spacial score (nSPS) is 12.5. The lowest BCUT2D eigenvalue weighted by Gasteiger charge is -2.18. The molecule has 0 aromatic carbocycles. The quantitative estimate of drug-likeness (QED) is 0.0344. The lowest BCUT2D eigenvalue weighted by Crippen LogP contribution is -2.30. The molecule has 63 heavy (non-hydrogen) atoms. The van der Waals surface area contributed by atoms with Crippen LogP contribution in [0, 0.1) is 11.8 Å². The van der Waals surface area contributed by atoms with Gasteiger partial charge in [-0.1, -0.05) is 279 Å². The molecule has 0 N–H and O–H groups in total. The number of hydrogen-bond donors (Lipinski definition) is 0. The second kappa shape index (κ2) is 49.8. The van der Waals surface area contributed by atoms with E-state index < -0.39 is 6.10 Å². The third kappa shape index (κ3) is 49.7. The Hall–Kier alpha value is -1.59. The van der Waals surface area contributed by atoms with Gasteiger partial charge >= 0.3 is 17.9 Å². The Morgan fingerprint density at radius 3 is 0.905 bits per heavy atom. The Kier molecular flexibility index (Phi) is 48.6. The molecule has 0 amide bonds. The Morgan fingerprint density at radius 1 is 0.333 bits per heavy atom. The van der Waals surface area contributed by atoms with Crippen LogP contribution in [0.25, 0.3) is 0 Å². The highest BCUT2D eigenvalue weighted by Gasteiger charge is 2.19. The summed E-state index contributed by atoms with van der Waals surface area (Å²) < 4.78 is 16.9. The summed E-state index contributed by atoms with van der Waals surface area (Å²) in [6.45, 7) is 11.4. The zero-order valence-electron chi connectivity index (χ0n) is 43.2. The van der Waals surface area contributed by atoms with E-state index >= 15 is 0 Å². The Labute approximate surface area is 393 Å². The van der Waals surface area contributed by atoms with E-state index in [2.05, 4.69) is 34.6 Å². The summed E-state index contributed by atoms with van der Waals surface area (Å²) >= 11 is 0. The molecule has 0 aromatic rings.